The molecule has 2 heterocycles. The molecule has 11 heteroatoms. The van der Waals surface area contributed by atoms with Crippen molar-refractivity contribution in [2.75, 3.05) is 23.3 Å². The van der Waals surface area contributed by atoms with Gasteiger partial charge in [-0.05, 0) is 70.8 Å². The number of anilines is 2. The van der Waals surface area contributed by atoms with Crippen LogP contribution in [0.15, 0.2) is 41.0 Å². The zero-order valence-corrected chi connectivity index (χ0v) is 23.1. The third kappa shape index (κ3) is 6.90. The van der Waals surface area contributed by atoms with Gasteiger partial charge in [0.15, 0.2) is 8.32 Å². The number of amides is 1. The summed E-state index contributed by atoms with van der Waals surface area (Å²) in [5.74, 6) is 0.270. The quantitative estimate of drug-likeness (QED) is 0.288. The molecule has 0 radical (unpaired) electrons. The second-order valence-corrected chi connectivity index (χ2v) is 15.8. The molecule has 6 nitrogen and oxygen atoms in total. The predicted octanol–water partition coefficient (Wildman–Crippen LogP) is 6.86. The van der Waals surface area contributed by atoms with E-state index in [1.807, 2.05) is 0 Å². The smallest absolute Gasteiger partial charge is 0.420 e. The van der Waals surface area contributed by atoms with Crippen molar-refractivity contribution in [1.29, 1.82) is 0 Å². The first-order valence-corrected chi connectivity index (χ1v) is 15.0. The van der Waals surface area contributed by atoms with Gasteiger partial charge in [-0.3, -0.25) is 4.79 Å². The van der Waals surface area contributed by atoms with Crippen LogP contribution in [0, 0.1) is 0 Å². The lowest BCUT2D eigenvalue weighted by Gasteiger charge is -2.38. The summed E-state index contributed by atoms with van der Waals surface area (Å²) in [6.07, 6.45) is 2.60. The Labute approximate surface area is 213 Å². The average molecular weight is 577 g/mol. The molecule has 2 aromatic rings. The summed E-state index contributed by atoms with van der Waals surface area (Å²) in [6.45, 7) is 12.8. The molecule has 1 aromatic carbocycles. The van der Waals surface area contributed by atoms with Gasteiger partial charge >= 0.3 is 5.57 Å². The number of ether oxygens (including phenoxy) is 1. The molecule has 3 rings (SSSR count). The molecule has 1 N–H and O–H groups in total. The summed E-state index contributed by atoms with van der Waals surface area (Å²) in [7, 11) is -1.85. The molecule has 0 saturated carbocycles. The van der Waals surface area contributed by atoms with Crippen LogP contribution in [0.25, 0.3) is 0 Å². The van der Waals surface area contributed by atoms with E-state index in [9.17, 15) is 13.6 Å². The van der Waals surface area contributed by atoms with E-state index in [4.69, 9.17) is 16.0 Å². The first-order valence-electron chi connectivity index (χ1n) is 10.9. The van der Waals surface area contributed by atoms with Gasteiger partial charge in [0, 0.05) is 36.6 Å². The third-order valence-corrected chi connectivity index (χ3v) is 11.3. The van der Waals surface area contributed by atoms with Gasteiger partial charge in [0.1, 0.15) is 11.6 Å². The van der Waals surface area contributed by atoms with Gasteiger partial charge in [0.2, 0.25) is 0 Å². The number of rotatable bonds is 7. The molecular formula is C23H29BrClF2N3O3Si. The number of halogens is 4. The van der Waals surface area contributed by atoms with E-state index in [1.54, 1.807) is 6.07 Å². The SMILES string of the molecule is CC(C)(C)[Si](C)(C)O[C@@H]1CCN(c2ncc(C(=O)Nc3ccc(OC(F)(F)Cl)cc3)cc2Br)C1. The minimum atomic E-state index is -3.79. The molecule has 1 aromatic heterocycles. The van der Waals surface area contributed by atoms with Crippen molar-refractivity contribution in [3.8, 4) is 5.75 Å². The number of nitrogens with zero attached hydrogens (tertiary/aromatic N) is 2. The van der Waals surface area contributed by atoms with E-state index in [0.717, 1.165) is 25.3 Å². The van der Waals surface area contributed by atoms with Crippen LogP contribution >= 0.6 is 27.5 Å². The highest BCUT2D eigenvalue weighted by atomic mass is 79.9. The van der Waals surface area contributed by atoms with Crippen LogP contribution in [0.4, 0.5) is 20.3 Å². The van der Waals surface area contributed by atoms with Crippen LogP contribution in [0.3, 0.4) is 0 Å². The zero-order valence-electron chi connectivity index (χ0n) is 19.8. The highest BCUT2D eigenvalue weighted by molar-refractivity contribution is 9.10. The number of aromatic nitrogens is 1. The van der Waals surface area contributed by atoms with Gasteiger partial charge in [-0.15, -0.1) is 8.78 Å². The molecule has 1 fully saturated rings. The van der Waals surface area contributed by atoms with Gasteiger partial charge in [-0.2, -0.15) is 0 Å². The Morgan fingerprint density at radius 2 is 1.91 bits per heavy atom. The summed E-state index contributed by atoms with van der Waals surface area (Å²) in [6, 6.07) is 7.18. The molecule has 1 atom stereocenters. The van der Waals surface area contributed by atoms with E-state index in [-0.39, 0.29) is 22.8 Å². The lowest BCUT2D eigenvalue weighted by molar-refractivity contribution is -0.0964. The summed E-state index contributed by atoms with van der Waals surface area (Å²) in [4.78, 5) is 19.3. The Kier molecular flexibility index (Phi) is 7.96. The summed E-state index contributed by atoms with van der Waals surface area (Å²) < 4.78 is 37.0. The Morgan fingerprint density at radius 3 is 2.47 bits per heavy atom. The fraction of sp³-hybridized carbons (Fsp3) is 0.478. The van der Waals surface area contributed by atoms with Crippen molar-refractivity contribution in [2.45, 2.75) is 57.0 Å². The largest absolute Gasteiger partial charge is 0.487 e. The van der Waals surface area contributed by atoms with Crippen LogP contribution in [0.2, 0.25) is 18.1 Å². The van der Waals surface area contributed by atoms with Crippen LogP contribution in [-0.2, 0) is 4.43 Å². The third-order valence-electron chi connectivity index (χ3n) is 6.14. The molecule has 0 aliphatic carbocycles. The summed E-state index contributed by atoms with van der Waals surface area (Å²) >= 11 is 8.30. The Balaban J connectivity index is 1.62. The number of alkyl halides is 3. The van der Waals surface area contributed by atoms with Crippen molar-refractivity contribution >= 4 is 53.3 Å². The van der Waals surface area contributed by atoms with E-state index >= 15 is 0 Å². The molecule has 0 spiro atoms. The molecule has 1 amide bonds. The highest BCUT2D eigenvalue weighted by Gasteiger charge is 2.40. The number of carbonyl (C=O) groups excluding carboxylic acids is 1. The maximum Gasteiger partial charge on any atom is 0.487 e. The molecule has 1 saturated heterocycles. The molecule has 34 heavy (non-hydrogen) atoms. The van der Waals surface area contributed by atoms with E-state index < -0.39 is 13.9 Å². The number of carbonyl (C=O) groups is 1. The van der Waals surface area contributed by atoms with Gasteiger partial charge in [0.05, 0.1) is 16.1 Å². The first-order chi connectivity index (χ1) is 15.6. The molecule has 1 aliphatic rings. The topological polar surface area (TPSA) is 63.7 Å². The average Bonchev–Trinajstić information content (AvgIpc) is 3.14. The number of hydrogen-bond donors (Lipinski definition) is 1. The fourth-order valence-electron chi connectivity index (χ4n) is 3.34. The zero-order chi connectivity index (χ0) is 25.3. The van der Waals surface area contributed by atoms with Gasteiger partial charge < -0.3 is 19.4 Å². The van der Waals surface area contributed by atoms with Crippen molar-refractivity contribution in [3.05, 3.63) is 46.6 Å². The molecule has 1 aliphatic heterocycles. The minimum Gasteiger partial charge on any atom is -0.420 e. The number of pyridine rings is 1. The number of hydrogen-bond acceptors (Lipinski definition) is 5. The van der Waals surface area contributed by atoms with Crippen molar-refractivity contribution in [3.63, 3.8) is 0 Å². The first kappa shape index (κ1) is 26.8. The lowest BCUT2D eigenvalue weighted by atomic mass is 10.2. The van der Waals surface area contributed by atoms with Gasteiger partial charge in [0.25, 0.3) is 5.91 Å². The van der Waals surface area contributed by atoms with Crippen molar-refractivity contribution in [1.82, 2.24) is 4.98 Å². The standard InChI is InChI=1S/C23H29BrClF2N3O3Si/c1-22(2,3)34(4,5)33-18-10-11-30(14-18)20-19(24)12-15(13-28-20)21(31)29-16-6-8-17(9-7-16)32-23(25,26)27/h6-9,12-13,18H,10-11,14H2,1-5H3,(H,29,31)/t18-/m1/s1. The van der Waals surface area contributed by atoms with E-state index in [0.29, 0.717) is 15.7 Å². The summed E-state index contributed by atoms with van der Waals surface area (Å²) in [5.41, 5.74) is -3.02. The van der Waals surface area contributed by atoms with Crippen LogP contribution in [0.5, 0.6) is 5.75 Å². The van der Waals surface area contributed by atoms with Crippen LogP contribution in [0.1, 0.15) is 37.6 Å². The van der Waals surface area contributed by atoms with Crippen molar-refractivity contribution < 1.29 is 22.7 Å². The maximum absolute atomic E-state index is 12.7. The van der Waals surface area contributed by atoms with Crippen LogP contribution in [-0.4, -0.2) is 44.0 Å². The second kappa shape index (κ2) is 10.1. The van der Waals surface area contributed by atoms with Crippen molar-refractivity contribution in [2.24, 2.45) is 0 Å². The normalized spacial score (nSPS) is 17.1. The van der Waals surface area contributed by atoms with E-state index in [2.05, 4.69) is 69.7 Å². The van der Waals surface area contributed by atoms with Gasteiger partial charge in [-0.25, -0.2) is 4.98 Å². The number of nitrogens with one attached hydrogen (secondary N) is 1. The molecule has 0 unspecified atom stereocenters. The van der Waals surface area contributed by atoms with E-state index in [1.165, 1.54) is 30.5 Å². The Bertz CT molecular complexity index is 1030. The summed E-state index contributed by atoms with van der Waals surface area (Å²) in [5, 5.41) is 2.86. The molecule has 0 bridgehead atoms. The number of benzene rings is 1. The van der Waals surface area contributed by atoms with Gasteiger partial charge in [-0.1, -0.05) is 20.8 Å². The van der Waals surface area contributed by atoms with Crippen LogP contribution < -0.4 is 15.0 Å². The lowest BCUT2D eigenvalue weighted by Crippen LogP contribution is -2.44. The minimum absolute atomic E-state index is 0.117. The molecular weight excluding hydrogens is 548 g/mol. The Morgan fingerprint density at radius 1 is 1.26 bits per heavy atom. The Hall–Kier alpha value is -1.75. The molecule has 186 valence electrons. The monoisotopic (exact) mass is 575 g/mol. The highest BCUT2D eigenvalue weighted by Crippen LogP contribution is 2.39. The fourth-order valence-corrected chi connectivity index (χ4v) is 5.41. The maximum atomic E-state index is 12.7. The second-order valence-electron chi connectivity index (χ2n) is 9.79. The predicted molar refractivity (Wildman–Crippen MR) is 137 cm³/mol.